The highest BCUT2D eigenvalue weighted by atomic mass is 32.1. The van der Waals surface area contributed by atoms with Gasteiger partial charge in [0.2, 0.25) is 11.9 Å². The van der Waals surface area contributed by atoms with E-state index in [2.05, 4.69) is 20.6 Å². The lowest BCUT2D eigenvalue weighted by molar-refractivity contribution is -0.137. The van der Waals surface area contributed by atoms with Crippen molar-refractivity contribution in [3.05, 3.63) is 51.4 Å². The molecule has 0 radical (unpaired) electrons. The molecule has 0 fully saturated rings. The summed E-state index contributed by atoms with van der Waals surface area (Å²) in [5.41, 5.74) is 0.301. The number of hydrogen-bond donors (Lipinski definition) is 2. The SMILES string of the molecule is CC(=O)Nc1cc(Nc2nccc(-c3sc(=O)n(C)c3C)n2)cc(C(F)(F)F)c1. The molecule has 0 spiro atoms. The third-order valence-electron chi connectivity index (χ3n) is 4.02. The van der Waals surface area contributed by atoms with Crippen LogP contribution >= 0.6 is 11.3 Å². The minimum absolute atomic E-state index is 0.0110. The lowest BCUT2D eigenvalue weighted by Crippen LogP contribution is -2.10. The van der Waals surface area contributed by atoms with Gasteiger partial charge < -0.3 is 15.2 Å². The Hall–Kier alpha value is -3.21. The maximum absolute atomic E-state index is 13.2. The van der Waals surface area contributed by atoms with Gasteiger partial charge in [0.05, 0.1) is 16.1 Å². The smallest absolute Gasteiger partial charge is 0.326 e. The van der Waals surface area contributed by atoms with Crippen LogP contribution in [-0.4, -0.2) is 20.4 Å². The van der Waals surface area contributed by atoms with Crippen molar-refractivity contribution < 1.29 is 18.0 Å². The van der Waals surface area contributed by atoms with Crippen molar-refractivity contribution in [3.63, 3.8) is 0 Å². The van der Waals surface area contributed by atoms with Gasteiger partial charge in [-0.25, -0.2) is 9.97 Å². The number of nitrogens with one attached hydrogen (secondary N) is 2. The number of benzene rings is 1. The van der Waals surface area contributed by atoms with E-state index < -0.39 is 17.6 Å². The fraction of sp³-hybridized carbons (Fsp3) is 0.222. The number of halogens is 3. The summed E-state index contributed by atoms with van der Waals surface area (Å²) in [6.45, 7) is 2.97. The van der Waals surface area contributed by atoms with Gasteiger partial charge in [-0.2, -0.15) is 13.2 Å². The predicted molar refractivity (Wildman–Crippen MR) is 104 cm³/mol. The second-order valence-electron chi connectivity index (χ2n) is 6.21. The van der Waals surface area contributed by atoms with Gasteiger partial charge >= 0.3 is 11.0 Å². The number of carbonyl (C=O) groups is 1. The number of hydrogen-bond acceptors (Lipinski definition) is 6. The fourth-order valence-electron chi connectivity index (χ4n) is 2.57. The molecular formula is C18H16F3N5O2S. The van der Waals surface area contributed by atoms with Gasteiger partial charge in [0, 0.05) is 37.2 Å². The van der Waals surface area contributed by atoms with E-state index in [0.717, 1.165) is 29.2 Å². The Labute approximate surface area is 167 Å². The van der Waals surface area contributed by atoms with Gasteiger partial charge in [-0.05, 0) is 31.2 Å². The van der Waals surface area contributed by atoms with Crippen LogP contribution in [0.5, 0.6) is 0 Å². The molecule has 0 bridgehead atoms. The molecule has 2 heterocycles. The zero-order valence-electron chi connectivity index (χ0n) is 15.6. The first-order chi connectivity index (χ1) is 13.5. The third-order valence-corrected chi connectivity index (χ3v) is 5.18. The van der Waals surface area contributed by atoms with Gasteiger partial charge in [-0.3, -0.25) is 9.59 Å². The standard InChI is InChI=1S/C18H16F3N5O2S/c1-9-15(29-17(28)26(9)3)14-4-5-22-16(25-14)24-13-7-11(18(19,20)21)6-12(8-13)23-10(2)27/h4-8H,1-3H3,(H,23,27)(H,22,24,25). The highest BCUT2D eigenvalue weighted by Gasteiger charge is 2.31. The molecule has 0 aliphatic carbocycles. The molecule has 3 rings (SSSR count). The van der Waals surface area contributed by atoms with E-state index >= 15 is 0 Å². The Morgan fingerprint density at radius 3 is 2.48 bits per heavy atom. The maximum Gasteiger partial charge on any atom is 0.416 e. The Morgan fingerprint density at radius 2 is 1.90 bits per heavy atom. The maximum atomic E-state index is 13.2. The van der Waals surface area contributed by atoms with Gasteiger partial charge in [-0.15, -0.1) is 0 Å². The van der Waals surface area contributed by atoms with E-state index in [1.54, 1.807) is 20.0 Å². The summed E-state index contributed by atoms with van der Waals surface area (Å²) in [6, 6.07) is 4.69. The highest BCUT2D eigenvalue weighted by Crippen LogP contribution is 2.34. The summed E-state index contributed by atoms with van der Waals surface area (Å²) in [5, 5.41) is 5.07. The van der Waals surface area contributed by atoms with Gasteiger partial charge in [0.25, 0.3) is 0 Å². The lowest BCUT2D eigenvalue weighted by Gasteiger charge is -2.13. The molecule has 152 valence electrons. The summed E-state index contributed by atoms with van der Waals surface area (Å²) < 4.78 is 41.1. The van der Waals surface area contributed by atoms with Crippen molar-refractivity contribution in [1.29, 1.82) is 0 Å². The first-order valence-electron chi connectivity index (χ1n) is 8.31. The van der Waals surface area contributed by atoms with Crippen LogP contribution in [0.3, 0.4) is 0 Å². The van der Waals surface area contributed by atoms with E-state index in [0.29, 0.717) is 10.6 Å². The Kier molecular flexibility index (Phi) is 5.42. The third kappa shape index (κ3) is 4.62. The number of anilines is 3. The first kappa shape index (κ1) is 20.5. The van der Waals surface area contributed by atoms with E-state index in [1.807, 2.05) is 0 Å². The van der Waals surface area contributed by atoms with E-state index in [1.165, 1.54) is 23.8 Å². The largest absolute Gasteiger partial charge is 0.416 e. The van der Waals surface area contributed by atoms with Crippen LogP contribution in [0.2, 0.25) is 0 Å². The van der Waals surface area contributed by atoms with E-state index in [4.69, 9.17) is 0 Å². The number of aromatic nitrogens is 3. The van der Waals surface area contributed by atoms with Crippen LogP contribution < -0.4 is 15.5 Å². The average Bonchev–Trinajstić information content (AvgIpc) is 2.88. The highest BCUT2D eigenvalue weighted by molar-refractivity contribution is 7.13. The van der Waals surface area contributed by atoms with E-state index in [-0.39, 0.29) is 22.2 Å². The van der Waals surface area contributed by atoms with Crippen molar-refractivity contribution in [2.45, 2.75) is 20.0 Å². The quantitative estimate of drug-likeness (QED) is 0.664. The summed E-state index contributed by atoms with van der Waals surface area (Å²) in [5.74, 6) is -0.443. The zero-order chi connectivity index (χ0) is 21.3. The molecule has 0 aliphatic rings. The minimum Gasteiger partial charge on any atom is -0.326 e. The summed E-state index contributed by atoms with van der Waals surface area (Å²) >= 11 is 1.02. The minimum atomic E-state index is -4.60. The number of rotatable bonds is 4. The normalized spacial score (nSPS) is 11.4. The van der Waals surface area contributed by atoms with Crippen LogP contribution in [-0.2, 0) is 18.0 Å². The monoisotopic (exact) mass is 423 g/mol. The molecule has 1 amide bonds. The molecule has 2 N–H and O–H groups in total. The van der Waals surface area contributed by atoms with Crippen LogP contribution in [0, 0.1) is 6.92 Å². The molecule has 1 aromatic carbocycles. The molecule has 29 heavy (non-hydrogen) atoms. The Balaban J connectivity index is 1.98. The first-order valence-corrected chi connectivity index (χ1v) is 9.13. The molecule has 7 nitrogen and oxygen atoms in total. The Morgan fingerprint density at radius 1 is 1.21 bits per heavy atom. The Bertz CT molecular complexity index is 1140. The molecule has 0 aliphatic heterocycles. The molecule has 2 aromatic heterocycles. The second-order valence-corrected chi connectivity index (χ2v) is 7.17. The average molecular weight is 423 g/mol. The molecule has 0 atom stereocenters. The zero-order valence-corrected chi connectivity index (χ0v) is 16.4. The van der Waals surface area contributed by atoms with Crippen molar-refractivity contribution in [3.8, 4) is 10.6 Å². The molecule has 0 unspecified atom stereocenters. The summed E-state index contributed by atoms with van der Waals surface area (Å²) in [7, 11) is 1.64. The number of alkyl halides is 3. The predicted octanol–water partition coefficient (Wildman–Crippen LogP) is 3.93. The number of amides is 1. The molecular weight excluding hydrogens is 407 g/mol. The second kappa shape index (κ2) is 7.66. The van der Waals surface area contributed by atoms with Gasteiger partial charge in [0.15, 0.2) is 0 Å². The van der Waals surface area contributed by atoms with Crippen molar-refractivity contribution in [2.24, 2.45) is 7.05 Å². The number of thiazole rings is 1. The van der Waals surface area contributed by atoms with Crippen LogP contribution in [0.15, 0.2) is 35.3 Å². The van der Waals surface area contributed by atoms with Gasteiger partial charge in [-0.1, -0.05) is 11.3 Å². The van der Waals surface area contributed by atoms with Crippen molar-refractivity contribution in [2.75, 3.05) is 10.6 Å². The lowest BCUT2D eigenvalue weighted by atomic mass is 10.1. The summed E-state index contributed by atoms with van der Waals surface area (Å²) in [4.78, 5) is 31.9. The van der Waals surface area contributed by atoms with Crippen molar-refractivity contribution >= 4 is 34.6 Å². The van der Waals surface area contributed by atoms with Crippen LogP contribution in [0.4, 0.5) is 30.5 Å². The van der Waals surface area contributed by atoms with Crippen LogP contribution in [0.25, 0.3) is 10.6 Å². The topological polar surface area (TPSA) is 88.9 Å². The number of nitrogens with zero attached hydrogens (tertiary/aromatic N) is 3. The van der Waals surface area contributed by atoms with Crippen LogP contribution in [0.1, 0.15) is 18.2 Å². The summed E-state index contributed by atoms with van der Waals surface area (Å²) in [6.07, 6.45) is -3.16. The fourth-order valence-corrected chi connectivity index (χ4v) is 3.52. The molecule has 0 saturated heterocycles. The molecule has 0 saturated carbocycles. The number of carbonyl (C=O) groups excluding carboxylic acids is 1. The van der Waals surface area contributed by atoms with E-state index in [9.17, 15) is 22.8 Å². The van der Waals surface area contributed by atoms with Gasteiger partial charge in [0.1, 0.15) is 0 Å². The van der Waals surface area contributed by atoms with Crippen molar-refractivity contribution in [1.82, 2.24) is 14.5 Å². The molecule has 3 aromatic rings. The molecule has 11 heteroatoms.